The fourth-order valence-electron chi connectivity index (χ4n) is 2.14. The fourth-order valence-corrected chi connectivity index (χ4v) is 2.14. The first-order valence-electron chi connectivity index (χ1n) is 8.17. The predicted molar refractivity (Wildman–Crippen MR) is 98.5 cm³/mol. The van der Waals surface area contributed by atoms with Crippen LogP contribution < -0.4 is 15.8 Å². The van der Waals surface area contributed by atoms with Gasteiger partial charge in [-0.3, -0.25) is 4.99 Å². The molecule has 0 aliphatic carbocycles. The van der Waals surface area contributed by atoms with Crippen LogP contribution in [0.25, 0.3) is 0 Å². The summed E-state index contributed by atoms with van der Waals surface area (Å²) in [7, 11) is 0. The standard InChI is InChI=1S/C19H24FN3O2/c1-13(2)14-4-3-5-16(10-14)23-19(21)22-11-17(24)12-25-18-8-6-15(20)7-9-18/h3-10,13,17,24H,11-12H2,1-2H3,(H3,21,22,23). The first kappa shape index (κ1) is 18.7. The van der Waals surface area contributed by atoms with Gasteiger partial charge in [-0.1, -0.05) is 26.0 Å². The number of rotatable bonds is 7. The number of ether oxygens (including phenoxy) is 1. The smallest absolute Gasteiger partial charge is 0.193 e. The highest BCUT2D eigenvalue weighted by Crippen LogP contribution is 2.18. The molecule has 1 unspecified atom stereocenters. The van der Waals surface area contributed by atoms with Crippen LogP contribution in [0.5, 0.6) is 5.75 Å². The van der Waals surface area contributed by atoms with Crippen molar-refractivity contribution >= 4 is 11.6 Å². The molecule has 2 aromatic carbocycles. The summed E-state index contributed by atoms with van der Waals surface area (Å²) in [5, 5.41) is 12.9. The summed E-state index contributed by atoms with van der Waals surface area (Å²) < 4.78 is 18.2. The molecule has 0 aromatic heterocycles. The van der Waals surface area contributed by atoms with Gasteiger partial charge in [-0.15, -0.1) is 0 Å². The van der Waals surface area contributed by atoms with Crippen LogP contribution in [0.4, 0.5) is 10.1 Å². The number of anilines is 1. The number of aliphatic imine (C=N–C) groups is 1. The molecule has 6 heteroatoms. The van der Waals surface area contributed by atoms with Crippen LogP contribution in [0.2, 0.25) is 0 Å². The Morgan fingerprint density at radius 2 is 1.96 bits per heavy atom. The van der Waals surface area contributed by atoms with Crippen molar-refractivity contribution in [3.05, 3.63) is 59.9 Å². The second kappa shape index (κ2) is 9.03. The van der Waals surface area contributed by atoms with Crippen molar-refractivity contribution < 1.29 is 14.2 Å². The highest BCUT2D eigenvalue weighted by molar-refractivity contribution is 5.92. The zero-order valence-corrected chi connectivity index (χ0v) is 14.4. The molecule has 1 atom stereocenters. The van der Waals surface area contributed by atoms with Crippen molar-refractivity contribution in [2.45, 2.75) is 25.9 Å². The van der Waals surface area contributed by atoms with Gasteiger partial charge in [0, 0.05) is 5.69 Å². The summed E-state index contributed by atoms with van der Waals surface area (Å²) in [5.74, 6) is 0.797. The van der Waals surface area contributed by atoms with E-state index in [1.165, 1.54) is 29.8 Å². The Labute approximate surface area is 147 Å². The van der Waals surface area contributed by atoms with Crippen molar-refractivity contribution in [3.63, 3.8) is 0 Å². The van der Waals surface area contributed by atoms with Crippen molar-refractivity contribution in [3.8, 4) is 5.75 Å². The van der Waals surface area contributed by atoms with Crippen LogP contribution in [0, 0.1) is 5.82 Å². The lowest BCUT2D eigenvalue weighted by Crippen LogP contribution is -2.27. The van der Waals surface area contributed by atoms with Gasteiger partial charge in [0.15, 0.2) is 5.96 Å². The van der Waals surface area contributed by atoms with E-state index in [1.54, 1.807) is 0 Å². The second-order valence-corrected chi connectivity index (χ2v) is 6.05. The highest BCUT2D eigenvalue weighted by Gasteiger charge is 2.06. The molecule has 0 bridgehead atoms. The molecule has 0 saturated carbocycles. The molecule has 2 rings (SSSR count). The molecule has 0 fully saturated rings. The number of guanidine groups is 1. The Hall–Kier alpha value is -2.60. The molecular weight excluding hydrogens is 321 g/mol. The number of aliphatic hydroxyl groups is 1. The molecule has 0 radical (unpaired) electrons. The van der Waals surface area contributed by atoms with E-state index in [2.05, 4.69) is 30.2 Å². The van der Waals surface area contributed by atoms with Gasteiger partial charge < -0.3 is 20.9 Å². The summed E-state index contributed by atoms with van der Waals surface area (Å²) in [6.07, 6.45) is -0.813. The van der Waals surface area contributed by atoms with Gasteiger partial charge in [0.25, 0.3) is 0 Å². The summed E-state index contributed by atoms with van der Waals surface area (Å²) in [6.45, 7) is 4.39. The lowest BCUT2D eigenvalue weighted by molar-refractivity contribution is 0.114. The number of nitrogens with two attached hydrogens (primary N) is 1. The van der Waals surface area contributed by atoms with E-state index in [1.807, 2.05) is 18.2 Å². The predicted octanol–water partition coefficient (Wildman–Crippen LogP) is 3.12. The van der Waals surface area contributed by atoms with Crippen molar-refractivity contribution in [1.82, 2.24) is 0 Å². The van der Waals surface area contributed by atoms with Crippen molar-refractivity contribution in [1.29, 1.82) is 0 Å². The third-order valence-corrected chi connectivity index (χ3v) is 3.55. The highest BCUT2D eigenvalue weighted by atomic mass is 19.1. The van der Waals surface area contributed by atoms with Crippen LogP contribution in [-0.4, -0.2) is 30.3 Å². The maximum atomic E-state index is 12.8. The Morgan fingerprint density at radius 1 is 1.24 bits per heavy atom. The van der Waals surface area contributed by atoms with Crippen molar-refractivity contribution in [2.24, 2.45) is 10.7 Å². The minimum Gasteiger partial charge on any atom is -0.491 e. The largest absolute Gasteiger partial charge is 0.491 e. The number of benzene rings is 2. The molecular formula is C19H24FN3O2. The van der Waals surface area contributed by atoms with E-state index in [-0.39, 0.29) is 24.9 Å². The van der Waals surface area contributed by atoms with Crippen LogP contribution in [0.15, 0.2) is 53.5 Å². The van der Waals surface area contributed by atoms with Gasteiger partial charge in [0.2, 0.25) is 0 Å². The SMILES string of the molecule is CC(C)c1cccc(NC(N)=NCC(O)COc2ccc(F)cc2)c1. The first-order chi connectivity index (χ1) is 11.9. The molecule has 0 aliphatic rings. The zero-order valence-electron chi connectivity index (χ0n) is 14.4. The van der Waals surface area contributed by atoms with Gasteiger partial charge in [-0.2, -0.15) is 0 Å². The third kappa shape index (κ3) is 6.43. The van der Waals surface area contributed by atoms with E-state index in [0.717, 1.165) is 5.69 Å². The minimum absolute atomic E-state index is 0.0469. The topological polar surface area (TPSA) is 79.9 Å². The fraction of sp³-hybridized carbons (Fsp3) is 0.316. The molecule has 0 spiro atoms. The number of aliphatic hydroxyl groups excluding tert-OH is 1. The molecule has 0 saturated heterocycles. The Balaban J connectivity index is 1.81. The monoisotopic (exact) mass is 345 g/mol. The van der Waals surface area contributed by atoms with E-state index in [9.17, 15) is 9.50 Å². The maximum Gasteiger partial charge on any atom is 0.193 e. The number of nitrogens with one attached hydrogen (secondary N) is 1. The minimum atomic E-state index is -0.813. The van der Waals surface area contributed by atoms with Crippen LogP contribution >= 0.6 is 0 Å². The average molecular weight is 345 g/mol. The third-order valence-electron chi connectivity index (χ3n) is 3.55. The number of halogens is 1. The lowest BCUT2D eigenvalue weighted by atomic mass is 10.0. The quantitative estimate of drug-likeness (QED) is 0.532. The molecule has 0 amide bonds. The van der Waals surface area contributed by atoms with Gasteiger partial charge in [0.1, 0.15) is 24.3 Å². The molecule has 2 aromatic rings. The van der Waals surface area contributed by atoms with E-state index in [4.69, 9.17) is 10.5 Å². The second-order valence-electron chi connectivity index (χ2n) is 6.05. The number of hydrogen-bond donors (Lipinski definition) is 3. The van der Waals surface area contributed by atoms with Gasteiger partial charge >= 0.3 is 0 Å². The van der Waals surface area contributed by atoms with Crippen LogP contribution in [-0.2, 0) is 0 Å². The molecule has 4 N–H and O–H groups in total. The average Bonchev–Trinajstić information content (AvgIpc) is 2.59. The van der Waals surface area contributed by atoms with E-state index >= 15 is 0 Å². The van der Waals surface area contributed by atoms with Crippen LogP contribution in [0.3, 0.4) is 0 Å². The van der Waals surface area contributed by atoms with Gasteiger partial charge in [-0.25, -0.2) is 4.39 Å². The van der Waals surface area contributed by atoms with E-state index < -0.39 is 6.10 Å². The molecule has 25 heavy (non-hydrogen) atoms. The molecule has 134 valence electrons. The Morgan fingerprint density at radius 3 is 2.64 bits per heavy atom. The zero-order chi connectivity index (χ0) is 18.2. The van der Waals surface area contributed by atoms with Crippen LogP contribution in [0.1, 0.15) is 25.3 Å². The normalized spacial score (nSPS) is 12.9. The van der Waals surface area contributed by atoms with E-state index in [0.29, 0.717) is 11.7 Å². The maximum absolute atomic E-state index is 12.8. The Bertz CT molecular complexity index is 702. The first-order valence-corrected chi connectivity index (χ1v) is 8.17. The van der Waals surface area contributed by atoms with Crippen molar-refractivity contribution in [2.75, 3.05) is 18.5 Å². The summed E-state index contributed by atoms with van der Waals surface area (Å²) in [6, 6.07) is 13.5. The molecule has 0 aliphatic heterocycles. The van der Waals surface area contributed by atoms with Gasteiger partial charge in [0.05, 0.1) is 6.54 Å². The molecule has 0 heterocycles. The number of hydrogen-bond acceptors (Lipinski definition) is 3. The summed E-state index contributed by atoms with van der Waals surface area (Å²) >= 11 is 0. The lowest BCUT2D eigenvalue weighted by Gasteiger charge is -2.12. The summed E-state index contributed by atoms with van der Waals surface area (Å²) in [5.41, 5.74) is 7.90. The number of nitrogens with zero attached hydrogens (tertiary/aromatic N) is 1. The Kier molecular flexibility index (Phi) is 6.77. The molecule has 5 nitrogen and oxygen atoms in total. The summed E-state index contributed by atoms with van der Waals surface area (Å²) in [4.78, 5) is 4.11. The van der Waals surface area contributed by atoms with Gasteiger partial charge in [-0.05, 0) is 47.9 Å².